The van der Waals surface area contributed by atoms with Crippen molar-refractivity contribution in [3.8, 4) is 0 Å². The van der Waals surface area contributed by atoms with E-state index in [4.69, 9.17) is 0 Å². The Morgan fingerprint density at radius 1 is 0.632 bits per heavy atom. The molecule has 0 aromatic heterocycles. The van der Waals surface area contributed by atoms with E-state index in [1.165, 1.54) is 11.1 Å². The van der Waals surface area contributed by atoms with E-state index in [-0.39, 0.29) is 5.41 Å². The highest BCUT2D eigenvalue weighted by molar-refractivity contribution is 5.50. The van der Waals surface area contributed by atoms with Crippen molar-refractivity contribution in [2.45, 2.75) is 19.3 Å². The molecule has 2 nitrogen and oxygen atoms in total. The average molecular weight is 254 g/mol. The summed E-state index contributed by atoms with van der Waals surface area (Å²) in [5.74, 6) is 0. The molecule has 2 aromatic rings. The van der Waals surface area contributed by atoms with Crippen molar-refractivity contribution in [1.82, 2.24) is 0 Å². The number of hydrogen-bond acceptors (Lipinski definition) is 2. The summed E-state index contributed by atoms with van der Waals surface area (Å²) in [6, 6.07) is 17.3. The van der Waals surface area contributed by atoms with E-state index in [0.29, 0.717) is 0 Å². The maximum absolute atomic E-state index is 3.15. The van der Waals surface area contributed by atoms with Gasteiger partial charge in [-0.25, -0.2) is 0 Å². The molecule has 2 heteroatoms. The molecule has 0 aliphatic carbocycles. The van der Waals surface area contributed by atoms with Gasteiger partial charge in [-0.1, -0.05) is 38.1 Å². The van der Waals surface area contributed by atoms with E-state index < -0.39 is 0 Å². The molecule has 0 aliphatic rings. The Hall–Kier alpha value is -1.96. The van der Waals surface area contributed by atoms with Gasteiger partial charge >= 0.3 is 0 Å². The van der Waals surface area contributed by atoms with E-state index in [9.17, 15) is 0 Å². The third-order valence-corrected chi connectivity index (χ3v) is 3.79. The second-order valence-electron chi connectivity index (χ2n) is 5.28. The average Bonchev–Trinajstić information content (AvgIpc) is 2.47. The molecule has 2 N–H and O–H groups in total. The van der Waals surface area contributed by atoms with Crippen molar-refractivity contribution in [3.63, 3.8) is 0 Å². The van der Waals surface area contributed by atoms with Gasteiger partial charge in [0.1, 0.15) is 0 Å². The van der Waals surface area contributed by atoms with E-state index in [1.54, 1.807) is 0 Å². The molecule has 0 radical (unpaired) electrons. The molecule has 0 unspecified atom stereocenters. The highest BCUT2D eigenvalue weighted by Crippen LogP contribution is 2.32. The third kappa shape index (κ3) is 2.73. The van der Waals surface area contributed by atoms with Crippen LogP contribution < -0.4 is 10.6 Å². The van der Waals surface area contributed by atoms with Crippen molar-refractivity contribution >= 4 is 11.4 Å². The van der Waals surface area contributed by atoms with Crippen LogP contribution in [0.1, 0.15) is 25.0 Å². The first-order valence-electron chi connectivity index (χ1n) is 6.64. The fourth-order valence-corrected chi connectivity index (χ4v) is 2.27. The second kappa shape index (κ2) is 5.35. The summed E-state index contributed by atoms with van der Waals surface area (Å²) in [6.07, 6.45) is 0. The van der Waals surface area contributed by atoms with Gasteiger partial charge in [0, 0.05) is 30.9 Å². The Kier molecular flexibility index (Phi) is 3.79. The zero-order chi connectivity index (χ0) is 13.9. The molecule has 0 saturated heterocycles. The summed E-state index contributed by atoms with van der Waals surface area (Å²) in [6.45, 7) is 4.52. The smallest absolute Gasteiger partial charge is 0.0337 e. The van der Waals surface area contributed by atoms with E-state index >= 15 is 0 Å². The Morgan fingerprint density at radius 2 is 0.947 bits per heavy atom. The van der Waals surface area contributed by atoms with Crippen LogP contribution in [-0.4, -0.2) is 14.1 Å². The monoisotopic (exact) mass is 254 g/mol. The van der Waals surface area contributed by atoms with Gasteiger partial charge in [-0.2, -0.15) is 0 Å². The molecule has 0 heterocycles. The Morgan fingerprint density at radius 3 is 1.21 bits per heavy atom. The van der Waals surface area contributed by atoms with Gasteiger partial charge in [-0.05, 0) is 35.4 Å². The quantitative estimate of drug-likeness (QED) is 0.858. The minimum Gasteiger partial charge on any atom is -0.388 e. The summed E-state index contributed by atoms with van der Waals surface area (Å²) >= 11 is 0. The van der Waals surface area contributed by atoms with Crippen LogP contribution in [0.3, 0.4) is 0 Å². The Labute approximate surface area is 115 Å². The van der Waals surface area contributed by atoms with Crippen LogP contribution in [0.2, 0.25) is 0 Å². The molecule has 0 amide bonds. The lowest BCUT2D eigenvalue weighted by molar-refractivity contribution is 0.641. The summed E-state index contributed by atoms with van der Waals surface area (Å²) in [4.78, 5) is 0. The van der Waals surface area contributed by atoms with Crippen LogP contribution in [0.25, 0.3) is 0 Å². The molecule has 19 heavy (non-hydrogen) atoms. The first kappa shape index (κ1) is 13.5. The van der Waals surface area contributed by atoms with Gasteiger partial charge in [-0.3, -0.25) is 0 Å². The summed E-state index contributed by atoms with van der Waals surface area (Å²) in [5, 5.41) is 6.30. The van der Waals surface area contributed by atoms with Crippen LogP contribution >= 0.6 is 0 Å². The molecule has 0 atom stereocenters. The lowest BCUT2D eigenvalue weighted by Gasteiger charge is -2.26. The Bertz CT molecular complexity index is 475. The molecule has 100 valence electrons. The molecular formula is C17H22N2. The molecule has 2 aromatic carbocycles. The number of hydrogen-bond donors (Lipinski definition) is 2. The van der Waals surface area contributed by atoms with Crippen molar-refractivity contribution in [2.75, 3.05) is 24.7 Å². The SMILES string of the molecule is CNc1ccc(C(C)(C)c2ccc(NC)cc2)cc1. The Balaban J connectivity index is 2.33. The maximum atomic E-state index is 3.15. The highest BCUT2D eigenvalue weighted by Gasteiger charge is 2.22. The molecule has 0 saturated carbocycles. The van der Waals surface area contributed by atoms with Crippen molar-refractivity contribution < 1.29 is 0 Å². The van der Waals surface area contributed by atoms with E-state index in [2.05, 4.69) is 73.0 Å². The summed E-state index contributed by atoms with van der Waals surface area (Å²) < 4.78 is 0. The number of benzene rings is 2. The fourth-order valence-electron chi connectivity index (χ4n) is 2.27. The number of anilines is 2. The van der Waals surface area contributed by atoms with Crippen LogP contribution in [-0.2, 0) is 5.41 Å². The van der Waals surface area contributed by atoms with Gasteiger partial charge in [-0.15, -0.1) is 0 Å². The topological polar surface area (TPSA) is 24.1 Å². The maximum Gasteiger partial charge on any atom is 0.0337 e. The van der Waals surface area contributed by atoms with Gasteiger partial charge in [0.2, 0.25) is 0 Å². The van der Waals surface area contributed by atoms with Crippen molar-refractivity contribution in [1.29, 1.82) is 0 Å². The van der Waals surface area contributed by atoms with Gasteiger partial charge in [0.05, 0.1) is 0 Å². The molecule has 0 spiro atoms. The lowest BCUT2D eigenvalue weighted by atomic mass is 9.78. The third-order valence-electron chi connectivity index (χ3n) is 3.79. The van der Waals surface area contributed by atoms with E-state index in [1.807, 2.05) is 14.1 Å². The zero-order valence-electron chi connectivity index (χ0n) is 12.1. The predicted octanol–water partition coefficient (Wildman–Crippen LogP) is 4.10. The summed E-state index contributed by atoms with van der Waals surface area (Å²) in [7, 11) is 3.88. The van der Waals surface area contributed by atoms with Gasteiger partial charge in [0.15, 0.2) is 0 Å². The molecule has 0 aliphatic heterocycles. The summed E-state index contributed by atoms with van der Waals surface area (Å²) in [5.41, 5.74) is 4.95. The lowest BCUT2D eigenvalue weighted by Crippen LogP contribution is -2.18. The predicted molar refractivity (Wildman–Crippen MR) is 84.1 cm³/mol. The minimum atomic E-state index is 0.0124. The number of rotatable bonds is 4. The van der Waals surface area contributed by atoms with Crippen LogP contribution in [0.5, 0.6) is 0 Å². The molecule has 0 bridgehead atoms. The van der Waals surface area contributed by atoms with Crippen LogP contribution in [0.4, 0.5) is 11.4 Å². The number of nitrogens with one attached hydrogen (secondary N) is 2. The standard InChI is InChI=1S/C17H22N2/c1-17(2,13-5-9-15(18-3)10-6-13)14-7-11-16(19-4)12-8-14/h5-12,18-19H,1-4H3. The van der Waals surface area contributed by atoms with Crippen LogP contribution in [0.15, 0.2) is 48.5 Å². The first-order valence-corrected chi connectivity index (χ1v) is 6.64. The van der Waals surface area contributed by atoms with Gasteiger partial charge < -0.3 is 10.6 Å². The molecule has 0 fully saturated rings. The normalized spacial score (nSPS) is 11.2. The molecule has 2 rings (SSSR count). The first-order chi connectivity index (χ1) is 9.07. The fraction of sp³-hybridized carbons (Fsp3) is 0.294. The van der Waals surface area contributed by atoms with Crippen molar-refractivity contribution in [2.24, 2.45) is 0 Å². The van der Waals surface area contributed by atoms with Crippen LogP contribution in [0, 0.1) is 0 Å². The minimum absolute atomic E-state index is 0.0124. The largest absolute Gasteiger partial charge is 0.388 e. The molecular weight excluding hydrogens is 232 g/mol. The second-order valence-corrected chi connectivity index (χ2v) is 5.28. The zero-order valence-corrected chi connectivity index (χ0v) is 12.1. The van der Waals surface area contributed by atoms with Gasteiger partial charge in [0.25, 0.3) is 0 Å². The van der Waals surface area contributed by atoms with Crippen molar-refractivity contribution in [3.05, 3.63) is 59.7 Å². The van der Waals surface area contributed by atoms with E-state index in [0.717, 1.165) is 11.4 Å². The highest BCUT2D eigenvalue weighted by atomic mass is 14.8.